The Labute approximate surface area is 128 Å². The first kappa shape index (κ1) is 13.5. The molecule has 3 unspecified atom stereocenters. The highest BCUT2D eigenvalue weighted by Crippen LogP contribution is 2.35. The van der Waals surface area contributed by atoms with Gasteiger partial charge in [0.1, 0.15) is 0 Å². The van der Waals surface area contributed by atoms with Crippen LogP contribution in [-0.4, -0.2) is 59.5 Å². The summed E-state index contributed by atoms with van der Waals surface area (Å²) < 4.78 is 11.2. The van der Waals surface area contributed by atoms with Gasteiger partial charge in [-0.05, 0) is 30.9 Å². The third kappa shape index (κ3) is 2.77. The van der Waals surface area contributed by atoms with Crippen LogP contribution in [0.1, 0.15) is 19.3 Å². The molecule has 0 aromatic carbocycles. The van der Waals surface area contributed by atoms with E-state index in [9.17, 15) is 0 Å². The zero-order valence-electron chi connectivity index (χ0n) is 11.7. The van der Waals surface area contributed by atoms with Gasteiger partial charge in [-0.2, -0.15) is 15.0 Å². The van der Waals surface area contributed by atoms with Crippen LogP contribution in [0.5, 0.6) is 0 Å². The predicted octanol–water partition coefficient (Wildman–Crippen LogP) is 1.09. The maximum Gasteiger partial charge on any atom is 0.231 e. The molecular formula is C13H18ClN5O2. The lowest BCUT2D eigenvalue weighted by Crippen LogP contribution is -2.38. The first-order valence-corrected chi connectivity index (χ1v) is 7.82. The maximum absolute atomic E-state index is 6.04. The SMILES string of the molecule is Clc1nc(NC2CC3CCC2O3)nc(N2CCOCC2)n1. The number of hydrogen-bond acceptors (Lipinski definition) is 7. The zero-order valence-corrected chi connectivity index (χ0v) is 12.4. The number of nitrogens with one attached hydrogen (secondary N) is 1. The molecule has 3 atom stereocenters. The van der Waals surface area contributed by atoms with E-state index in [1.54, 1.807) is 0 Å². The molecule has 3 fully saturated rings. The van der Waals surface area contributed by atoms with Crippen molar-refractivity contribution in [2.45, 2.75) is 37.5 Å². The molecule has 0 amide bonds. The van der Waals surface area contributed by atoms with Crippen LogP contribution in [0.25, 0.3) is 0 Å². The molecule has 0 radical (unpaired) electrons. The maximum atomic E-state index is 6.04. The van der Waals surface area contributed by atoms with Crippen LogP contribution in [0, 0.1) is 0 Å². The van der Waals surface area contributed by atoms with E-state index in [4.69, 9.17) is 21.1 Å². The highest BCUT2D eigenvalue weighted by Gasteiger charge is 2.41. The molecule has 3 aliphatic rings. The molecule has 1 N–H and O–H groups in total. The topological polar surface area (TPSA) is 72.4 Å². The van der Waals surface area contributed by atoms with Crippen molar-refractivity contribution in [2.24, 2.45) is 0 Å². The molecule has 114 valence electrons. The summed E-state index contributed by atoms with van der Waals surface area (Å²) in [5.41, 5.74) is 0. The third-order valence-electron chi connectivity index (χ3n) is 4.31. The third-order valence-corrected chi connectivity index (χ3v) is 4.48. The summed E-state index contributed by atoms with van der Waals surface area (Å²) in [4.78, 5) is 15.0. The Morgan fingerprint density at radius 2 is 2.00 bits per heavy atom. The molecule has 1 aromatic rings. The summed E-state index contributed by atoms with van der Waals surface area (Å²) in [6, 6.07) is 0.278. The molecule has 1 aromatic heterocycles. The minimum absolute atomic E-state index is 0.220. The summed E-state index contributed by atoms with van der Waals surface area (Å²) in [6.45, 7) is 2.92. The molecule has 4 heterocycles. The Balaban J connectivity index is 1.50. The van der Waals surface area contributed by atoms with E-state index in [1.807, 2.05) is 0 Å². The second-order valence-electron chi connectivity index (χ2n) is 5.69. The van der Waals surface area contributed by atoms with Gasteiger partial charge < -0.3 is 19.7 Å². The highest BCUT2D eigenvalue weighted by atomic mass is 35.5. The summed E-state index contributed by atoms with van der Waals surface area (Å²) in [5.74, 6) is 1.16. The average molecular weight is 312 g/mol. The average Bonchev–Trinajstić information content (AvgIpc) is 3.10. The van der Waals surface area contributed by atoms with E-state index in [0.29, 0.717) is 31.2 Å². The van der Waals surface area contributed by atoms with Crippen molar-refractivity contribution in [3.05, 3.63) is 5.28 Å². The van der Waals surface area contributed by atoms with Gasteiger partial charge in [0, 0.05) is 13.1 Å². The van der Waals surface area contributed by atoms with E-state index >= 15 is 0 Å². The van der Waals surface area contributed by atoms with E-state index in [-0.39, 0.29) is 17.4 Å². The van der Waals surface area contributed by atoms with Crippen LogP contribution in [0.2, 0.25) is 5.28 Å². The van der Waals surface area contributed by atoms with Gasteiger partial charge in [0.25, 0.3) is 0 Å². The first-order chi connectivity index (χ1) is 10.3. The van der Waals surface area contributed by atoms with Gasteiger partial charge in [0.2, 0.25) is 17.2 Å². The summed E-state index contributed by atoms with van der Waals surface area (Å²) in [7, 11) is 0. The number of aromatic nitrogens is 3. The van der Waals surface area contributed by atoms with Crippen molar-refractivity contribution < 1.29 is 9.47 Å². The fourth-order valence-electron chi connectivity index (χ4n) is 3.26. The Morgan fingerprint density at radius 1 is 1.14 bits per heavy atom. The first-order valence-electron chi connectivity index (χ1n) is 7.44. The van der Waals surface area contributed by atoms with Crippen molar-refractivity contribution in [2.75, 3.05) is 36.5 Å². The molecule has 0 saturated carbocycles. The number of rotatable bonds is 3. The fourth-order valence-corrected chi connectivity index (χ4v) is 3.42. The molecule has 8 heteroatoms. The molecule has 4 rings (SSSR count). The van der Waals surface area contributed by atoms with Crippen molar-refractivity contribution in [1.29, 1.82) is 0 Å². The Morgan fingerprint density at radius 3 is 2.71 bits per heavy atom. The van der Waals surface area contributed by atoms with E-state index in [0.717, 1.165) is 25.9 Å². The van der Waals surface area contributed by atoms with Crippen LogP contribution in [0.3, 0.4) is 0 Å². The molecule has 0 spiro atoms. The van der Waals surface area contributed by atoms with Gasteiger partial charge in [0.15, 0.2) is 0 Å². The number of nitrogens with zero attached hydrogens (tertiary/aromatic N) is 4. The van der Waals surface area contributed by atoms with Crippen molar-refractivity contribution in [1.82, 2.24) is 15.0 Å². The number of halogens is 1. The molecule has 3 aliphatic heterocycles. The molecular weight excluding hydrogens is 294 g/mol. The fraction of sp³-hybridized carbons (Fsp3) is 0.769. The van der Waals surface area contributed by atoms with E-state index < -0.39 is 0 Å². The van der Waals surface area contributed by atoms with Crippen molar-refractivity contribution in [3.63, 3.8) is 0 Å². The van der Waals surface area contributed by atoms with Crippen molar-refractivity contribution >= 4 is 23.5 Å². The normalized spacial score (nSPS) is 31.7. The number of hydrogen-bond donors (Lipinski definition) is 1. The summed E-state index contributed by atoms with van der Waals surface area (Å²) >= 11 is 6.04. The molecule has 2 bridgehead atoms. The summed E-state index contributed by atoms with van der Waals surface area (Å²) in [6.07, 6.45) is 3.96. The monoisotopic (exact) mass is 311 g/mol. The van der Waals surface area contributed by atoms with E-state index in [2.05, 4.69) is 25.2 Å². The molecule has 0 aliphatic carbocycles. The van der Waals surface area contributed by atoms with Gasteiger partial charge in [0.05, 0.1) is 31.5 Å². The molecule has 7 nitrogen and oxygen atoms in total. The van der Waals surface area contributed by atoms with Crippen LogP contribution in [0.15, 0.2) is 0 Å². The number of fused-ring (bicyclic) bond motifs is 2. The minimum atomic E-state index is 0.220. The lowest BCUT2D eigenvalue weighted by molar-refractivity contribution is 0.102. The second kappa shape index (κ2) is 5.55. The zero-order chi connectivity index (χ0) is 14.2. The largest absolute Gasteiger partial charge is 0.378 e. The minimum Gasteiger partial charge on any atom is -0.378 e. The summed E-state index contributed by atoms with van der Waals surface area (Å²) in [5, 5.41) is 3.58. The van der Waals surface area contributed by atoms with Crippen LogP contribution in [-0.2, 0) is 9.47 Å². The standard InChI is InChI=1S/C13H18ClN5O2/c14-11-16-12(15-9-7-8-1-2-10(9)21-8)18-13(17-11)19-3-5-20-6-4-19/h8-10H,1-7H2,(H,15,16,17,18). The number of anilines is 2. The Hall–Kier alpha value is -1.18. The lowest BCUT2D eigenvalue weighted by Gasteiger charge is -2.27. The second-order valence-corrected chi connectivity index (χ2v) is 6.03. The smallest absolute Gasteiger partial charge is 0.231 e. The molecule has 21 heavy (non-hydrogen) atoms. The van der Waals surface area contributed by atoms with Gasteiger partial charge >= 0.3 is 0 Å². The van der Waals surface area contributed by atoms with Crippen molar-refractivity contribution in [3.8, 4) is 0 Å². The predicted molar refractivity (Wildman–Crippen MR) is 77.8 cm³/mol. The number of morpholine rings is 1. The van der Waals surface area contributed by atoms with Gasteiger partial charge in [-0.3, -0.25) is 0 Å². The van der Waals surface area contributed by atoms with Gasteiger partial charge in [-0.15, -0.1) is 0 Å². The quantitative estimate of drug-likeness (QED) is 0.896. The van der Waals surface area contributed by atoms with Gasteiger partial charge in [-0.1, -0.05) is 0 Å². The Bertz CT molecular complexity index is 525. The lowest BCUT2D eigenvalue weighted by atomic mass is 9.96. The highest BCUT2D eigenvalue weighted by molar-refractivity contribution is 6.28. The van der Waals surface area contributed by atoms with Crippen LogP contribution < -0.4 is 10.2 Å². The van der Waals surface area contributed by atoms with Gasteiger partial charge in [-0.25, -0.2) is 0 Å². The Kier molecular flexibility index (Phi) is 3.56. The van der Waals surface area contributed by atoms with E-state index in [1.165, 1.54) is 6.42 Å². The number of ether oxygens (including phenoxy) is 2. The molecule has 3 saturated heterocycles. The van der Waals surface area contributed by atoms with Crippen LogP contribution in [0.4, 0.5) is 11.9 Å². The van der Waals surface area contributed by atoms with Crippen LogP contribution >= 0.6 is 11.6 Å².